The monoisotopic (exact) mass is 332 g/mol. The Bertz CT molecular complexity index is 754. The smallest absolute Gasteiger partial charge is 0.257 e. The van der Waals surface area contributed by atoms with E-state index in [1.807, 2.05) is 29.6 Å². The average Bonchev–Trinajstić information content (AvgIpc) is 2.85. The van der Waals surface area contributed by atoms with Gasteiger partial charge >= 0.3 is 0 Å². The maximum absolute atomic E-state index is 12.3. The van der Waals surface area contributed by atoms with Crippen molar-refractivity contribution < 1.29 is 4.79 Å². The topological polar surface area (TPSA) is 42.0 Å². The highest BCUT2D eigenvalue weighted by atomic mass is 79.9. The third-order valence-electron chi connectivity index (χ3n) is 2.75. The maximum Gasteiger partial charge on any atom is 0.257 e. The third kappa shape index (κ3) is 2.39. The molecule has 0 aliphatic heterocycles. The number of anilines is 1. The van der Waals surface area contributed by atoms with Crippen molar-refractivity contribution in [2.75, 3.05) is 5.32 Å². The van der Waals surface area contributed by atoms with Crippen LogP contribution in [0.4, 0.5) is 5.69 Å². The SMILES string of the molecule is O=C(Nc1ccncc1Br)c1csc2ccccc12. The molecule has 0 atom stereocenters. The van der Waals surface area contributed by atoms with Crippen molar-refractivity contribution in [3.8, 4) is 0 Å². The minimum Gasteiger partial charge on any atom is -0.321 e. The summed E-state index contributed by atoms with van der Waals surface area (Å²) in [5.41, 5.74) is 1.42. The van der Waals surface area contributed by atoms with Gasteiger partial charge in [0.05, 0.1) is 15.7 Å². The lowest BCUT2D eigenvalue weighted by Crippen LogP contribution is -2.11. The summed E-state index contributed by atoms with van der Waals surface area (Å²) < 4.78 is 1.88. The van der Waals surface area contributed by atoms with Gasteiger partial charge in [-0.3, -0.25) is 9.78 Å². The summed E-state index contributed by atoms with van der Waals surface area (Å²) in [6.07, 6.45) is 3.30. The largest absolute Gasteiger partial charge is 0.321 e. The number of thiophene rings is 1. The van der Waals surface area contributed by atoms with Gasteiger partial charge in [-0.25, -0.2) is 0 Å². The van der Waals surface area contributed by atoms with Gasteiger partial charge in [0.15, 0.2) is 0 Å². The maximum atomic E-state index is 12.3. The van der Waals surface area contributed by atoms with E-state index in [0.717, 1.165) is 20.2 Å². The van der Waals surface area contributed by atoms with Crippen LogP contribution in [0.25, 0.3) is 10.1 Å². The molecule has 0 unspecified atom stereocenters. The molecule has 0 aliphatic rings. The molecule has 5 heteroatoms. The molecule has 1 aromatic carbocycles. The number of halogens is 1. The first-order chi connectivity index (χ1) is 9.25. The van der Waals surface area contributed by atoms with Gasteiger partial charge in [0.2, 0.25) is 0 Å². The van der Waals surface area contributed by atoms with E-state index in [1.165, 1.54) is 0 Å². The fourth-order valence-electron chi connectivity index (χ4n) is 1.82. The summed E-state index contributed by atoms with van der Waals surface area (Å²) in [5, 5.41) is 5.75. The van der Waals surface area contributed by atoms with Crippen molar-refractivity contribution in [2.45, 2.75) is 0 Å². The Balaban J connectivity index is 1.95. The van der Waals surface area contributed by atoms with Crippen molar-refractivity contribution in [1.29, 1.82) is 0 Å². The molecule has 94 valence electrons. The van der Waals surface area contributed by atoms with E-state index in [9.17, 15) is 4.79 Å². The van der Waals surface area contributed by atoms with E-state index < -0.39 is 0 Å². The molecule has 0 aliphatic carbocycles. The fraction of sp³-hybridized carbons (Fsp3) is 0. The summed E-state index contributed by atoms with van der Waals surface area (Å²) in [6, 6.07) is 9.65. The molecule has 0 bridgehead atoms. The average molecular weight is 333 g/mol. The molecule has 1 amide bonds. The number of pyridine rings is 1. The van der Waals surface area contributed by atoms with Gasteiger partial charge in [-0.1, -0.05) is 18.2 Å². The van der Waals surface area contributed by atoms with E-state index in [1.54, 1.807) is 29.8 Å². The molecular weight excluding hydrogens is 324 g/mol. The molecule has 2 aromatic heterocycles. The first kappa shape index (κ1) is 12.3. The van der Waals surface area contributed by atoms with Crippen LogP contribution in [0.1, 0.15) is 10.4 Å². The van der Waals surface area contributed by atoms with E-state index in [2.05, 4.69) is 26.2 Å². The molecule has 2 heterocycles. The second-order valence-electron chi connectivity index (χ2n) is 3.96. The van der Waals surface area contributed by atoms with E-state index in [-0.39, 0.29) is 5.91 Å². The zero-order chi connectivity index (χ0) is 13.2. The summed E-state index contributed by atoms with van der Waals surface area (Å²) in [6.45, 7) is 0. The van der Waals surface area contributed by atoms with Crippen LogP contribution in [-0.4, -0.2) is 10.9 Å². The second kappa shape index (κ2) is 5.11. The molecule has 1 N–H and O–H groups in total. The molecule has 0 saturated heterocycles. The summed E-state index contributed by atoms with van der Waals surface area (Å²) >= 11 is 4.94. The number of carbonyl (C=O) groups excluding carboxylic acids is 1. The number of carbonyl (C=O) groups is 1. The molecule has 3 rings (SSSR count). The number of amides is 1. The molecule has 0 radical (unpaired) electrons. The standard InChI is InChI=1S/C14H9BrN2OS/c15-11-7-16-6-5-12(11)17-14(18)10-8-19-13-4-2-1-3-9(10)13/h1-8H,(H,16,17,18). The van der Waals surface area contributed by atoms with Crippen LogP contribution in [0.3, 0.4) is 0 Å². The van der Waals surface area contributed by atoms with E-state index in [0.29, 0.717) is 5.56 Å². The van der Waals surface area contributed by atoms with Crippen molar-refractivity contribution in [3.63, 3.8) is 0 Å². The number of hydrogen-bond donors (Lipinski definition) is 1. The second-order valence-corrected chi connectivity index (χ2v) is 5.72. The van der Waals surface area contributed by atoms with Crippen LogP contribution in [0.2, 0.25) is 0 Å². The highest BCUT2D eigenvalue weighted by molar-refractivity contribution is 9.10. The molecule has 0 spiro atoms. The van der Waals surface area contributed by atoms with E-state index >= 15 is 0 Å². The number of aromatic nitrogens is 1. The fourth-order valence-corrected chi connectivity index (χ4v) is 3.11. The highest BCUT2D eigenvalue weighted by Gasteiger charge is 2.13. The van der Waals surface area contributed by atoms with Crippen molar-refractivity contribution in [2.24, 2.45) is 0 Å². The molecule has 3 aromatic rings. The van der Waals surface area contributed by atoms with Crippen LogP contribution in [0, 0.1) is 0 Å². The quantitative estimate of drug-likeness (QED) is 0.759. The lowest BCUT2D eigenvalue weighted by Gasteiger charge is -2.05. The van der Waals surface area contributed by atoms with Crippen LogP contribution in [0.15, 0.2) is 52.6 Å². The van der Waals surface area contributed by atoms with Crippen LogP contribution in [0.5, 0.6) is 0 Å². The summed E-state index contributed by atoms with van der Waals surface area (Å²) in [5.74, 6) is -0.107. The van der Waals surface area contributed by atoms with Crippen molar-refractivity contribution in [3.05, 3.63) is 58.1 Å². The molecule has 3 nitrogen and oxygen atoms in total. The number of fused-ring (bicyclic) bond motifs is 1. The first-order valence-electron chi connectivity index (χ1n) is 5.63. The minimum absolute atomic E-state index is 0.107. The Labute approximate surface area is 122 Å². The highest BCUT2D eigenvalue weighted by Crippen LogP contribution is 2.27. The Morgan fingerprint density at radius 1 is 1.26 bits per heavy atom. The number of benzene rings is 1. The van der Waals surface area contributed by atoms with Gasteiger partial charge in [0.1, 0.15) is 0 Å². The van der Waals surface area contributed by atoms with Crippen LogP contribution >= 0.6 is 27.3 Å². The number of nitrogens with zero attached hydrogens (tertiary/aromatic N) is 1. The zero-order valence-electron chi connectivity index (χ0n) is 9.76. The van der Waals surface area contributed by atoms with Crippen LogP contribution in [-0.2, 0) is 0 Å². The number of hydrogen-bond acceptors (Lipinski definition) is 3. The molecule has 19 heavy (non-hydrogen) atoms. The van der Waals surface area contributed by atoms with E-state index in [4.69, 9.17) is 0 Å². The van der Waals surface area contributed by atoms with Crippen molar-refractivity contribution >= 4 is 48.9 Å². The molecule has 0 saturated carbocycles. The van der Waals surface area contributed by atoms with Gasteiger partial charge in [0.25, 0.3) is 5.91 Å². The van der Waals surface area contributed by atoms with Gasteiger partial charge in [-0.15, -0.1) is 11.3 Å². The predicted octanol–water partition coefficient (Wildman–Crippen LogP) is 4.31. The number of nitrogens with one attached hydrogen (secondary N) is 1. The Hall–Kier alpha value is -1.72. The van der Waals surface area contributed by atoms with Gasteiger partial charge in [0, 0.05) is 27.9 Å². The summed E-state index contributed by atoms with van der Waals surface area (Å²) in [7, 11) is 0. The Kier molecular flexibility index (Phi) is 3.31. The lowest BCUT2D eigenvalue weighted by atomic mass is 10.1. The van der Waals surface area contributed by atoms with Gasteiger partial charge in [-0.05, 0) is 28.1 Å². The lowest BCUT2D eigenvalue weighted by molar-refractivity contribution is 0.102. The molecule has 0 fully saturated rings. The minimum atomic E-state index is -0.107. The molecular formula is C14H9BrN2OS. The normalized spacial score (nSPS) is 10.6. The van der Waals surface area contributed by atoms with Crippen molar-refractivity contribution in [1.82, 2.24) is 4.98 Å². The van der Waals surface area contributed by atoms with Crippen LogP contribution < -0.4 is 5.32 Å². The van der Waals surface area contributed by atoms with Gasteiger partial charge < -0.3 is 5.32 Å². The first-order valence-corrected chi connectivity index (χ1v) is 7.30. The predicted molar refractivity (Wildman–Crippen MR) is 81.7 cm³/mol. The summed E-state index contributed by atoms with van der Waals surface area (Å²) in [4.78, 5) is 16.3. The zero-order valence-corrected chi connectivity index (χ0v) is 12.2. The Morgan fingerprint density at radius 3 is 2.95 bits per heavy atom. The Morgan fingerprint density at radius 2 is 2.11 bits per heavy atom. The number of rotatable bonds is 2. The van der Waals surface area contributed by atoms with Gasteiger partial charge in [-0.2, -0.15) is 0 Å². The third-order valence-corrected chi connectivity index (χ3v) is 4.34.